The monoisotopic (exact) mass is 374 g/mol. The number of benzene rings is 2. The molecule has 0 radical (unpaired) electrons. The zero-order chi connectivity index (χ0) is 20.1. The molecule has 1 heterocycles. The molecular weight excluding hydrogens is 348 g/mol. The van der Waals surface area contributed by atoms with Crippen molar-refractivity contribution in [2.75, 3.05) is 6.61 Å². The van der Waals surface area contributed by atoms with Gasteiger partial charge in [-0.2, -0.15) is 0 Å². The van der Waals surface area contributed by atoms with E-state index in [9.17, 15) is 4.79 Å². The van der Waals surface area contributed by atoms with Crippen molar-refractivity contribution in [3.63, 3.8) is 0 Å². The fourth-order valence-corrected chi connectivity index (χ4v) is 3.27. The minimum Gasteiger partial charge on any atom is -0.462 e. The van der Waals surface area contributed by atoms with Crippen LogP contribution >= 0.6 is 0 Å². The van der Waals surface area contributed by atoms with E-state index in [0.29, 0.717) is 12.2 Å². The Morgan fingerprint density at radius 1 is 1.07 bits per heavy atom. The molecule has 0 spiro atoms. The molecule has 3 rings (SSSR count). The van der Waals surface area contributed by atoms with Gasteiger partial charge >= 0.3 is 5.97 Å². The van der Waals surface area contributed by atoms with E-state index in [-0.39, 0.29) is 5.97 Å². The van der Waals surface area contributed by atoms with E-state index in [4.69, 9.17) is 4.74 Å². The van der Waals surface area contributed by atoms with Crippen LogP contribution in [0.3, 0.4) is 0 Å². The fourth-order valence-electron chi connectivity index (χ4n) is 3.27. The Morgan fingerprint density at radius 2 is 1.82 bits per heavy atom. The number of carbonyl (C=O) groups excluding carboxylic acids is 1. The van der Waals surface area contributed by atoms with E-state index in [1.807, 2.05) is 18.3 Å². The summed E-state index contributed by atoms with van der Waals surface area (Å²) in [5.41, 5.74) is 7.06. The number of ether oxygens (including phenoxy) is 1. The molecule has 0 bridgehead atoms. The molecule has 1 aromatic heterocycles. The number of hydrogen-bond acceptors (Lipinski definition) is 3. The average Bonchev–Trinajstić information content (AvgIpc) is 3.00. The van der Waals surface area contributed by atoms with Gasteiger partial charge in [-0.25, -0.2) is 4.79 Å². The third-order valence-electron chi connectivity index (χ3n) is 4.78. The van der Waals surface area contributed by atoms with Crippen LogP contribution in [0.2, 0.25) is 0 Å². The van der Waals surface area contributed by atoms with Gasteiger partial charge in [0, 0.05) is 28.9 Å². The molecule has 4 nitrogen and oxygen atoms in total. The van der Waals surface area contributed by atoms with Crippen LogP contribution in [0.4, 0.5) is 5.69 Å². The van der Waals surface area contributed by atoms with Crippen molar-refractivity contribution in [1.29, 1.82) is 0 Å². The summed E-state index contributed by atoms with van der Waals surface area (Å²) in [6.45, 7) is 8.51. The Bertz CT molecular complexity index is 998. The molecule has 0 aliphatic carbocycles. The molecule has 0 unspecified atom stereocenters. The SMILES string of the molecule is CCOC(=O)c1cccc(N=Cc2cc(C)n(-c3ccc(CC)cc3)c2C)c1. The highest BCUT2D eigenvalue weighted by atomic mass is 16.5. The highest BCUT2D eigenvalue weighted by Crippen LogP contribution is 2.22. The van der Waals surface area contributed by atoms with Gasteiger partial charge in [0.2, 0.25) is 0 Å². The number of esters is 1. The lowest BCUT2D eigenvalue weighted by Crippen LogP contribution is -2.03. The van der Waals surface area contributed by atoms with Gasteiger partial charge in [-0.05, 0) is 69.2 Å². The topological polar surface area (TPSA) is 43.6 Å². The minimum atomic E-state index is -0.326. The number of aliphatic imine (C=N–C) groups is 1. The van der Waals surface area contributed by atoms with E-state index in [2.05, 4.69) is 60.7 Å². The summed E-state index contributed by atoms with van der Waals surface area (Å²) in [5.74, 6) is -0.326. The standard InChI is InChI=1S/C24H26N2O2/c1-5-19-10-12-23(13-11-19)26-17(3)14-21(18(26)4)16-25-22-9-7-8-20(15-22)24(27)28-6-2/h7-16H,5-6H2,1-4H3. The van der Waals surface area contributed by atoms with Gasteiger partial charge in [0.1, 0.15) is 0 Å². The van der Waals surface area contributed by atoms with Gasteiger partial charge in [-0.3, -0.25) is 4.99 Å². The second kappa shape index (κ2) is 8.70. The first-order valence-corrected chi connectivity index (χ1v) is 9.63. The third-order valence-corrected chi connectivity index (χ3v) is 4.78. The van der Waals surface area contributed by atoms with Gasteiger partial charge < -0.3 is 9.30 Å². The Labute approximate surface area is 166 Å². The van der Waals surface area contributed by atoms with Crippen LogP contribution in [0.1, 0.15) is 46.7 Å². The fraction of sp³-hybridized carbons (Fsp3) is 0.250. The zero-order valence-corrected chi connectivity index (χ0v) is 16.9. The predicted octanol–water partition coefficient (Wildman–Crippen LogP) is 5.58. The van der Waals surface area contributed by atoms with Gasteiger partial charge in [-0.15, -0.1) is 0 Å². The molecule has 3 aromatic rings. The van der Waals surface area contributed by atoms with Crippen LogP contribution in [0.15, 0.2) is 59.6 Å². The van der Waals surface area contributed by atoms with Gasteiger partial charge in [-0.1, -0.05) is 25.1 Å². The van der Waals surface area contributed by atoms with Crippen LogP contribution in [0.25, 0.3) is 5.69 Å². The summed E-state index contributed by atoms with van der Waals surface area (Å²) >= 11 is 0. The van der Waals surface area contributed by atoms with Crippen LogP contribution in [0.5, 0.6) is 0 Å². The first-order chi connectivity index (χ1) is 13.5. The molecule has 28 heavy (non-hydrogen) atoms. The summed E-state index contributed by atoms with van der Waals surface area (Å²) in [5, 5.41) is 0. The number of carbonyl (C=O) groups is 1. The zero-order valence-electron chi connectivity index (χ0n) is 16.9. The summed E-state index contributed by atoms with van der Waals surface area (Å²) in [6.07, 6.45) is 2.89. The van der Waals surface area contributed by atoms with E-state index in [1.165, 1.54) is 5.56 Å². The quantitative estimate of drug-likeness (QED) is 0.417. The maximum absolute atomic E-state index is 11.9. The van der Waals surface area contributed by atoms with Crippen molar-refractivity contribution in [2.24, 2.45) is 4.99 Å². The molecule has 0 amide bonds. The first-order valence-electron chi connectivity index (χ1n) is 9.63. The highest BCUT2D eigenvalue weighted by molar-refractivity contribution is 5.91. The van der Waals surface area contributed by atoms with Crippen molar-refractivity contribution in [1.82, 2.24) is 4.57 Å². The van der Waals surface area contributed by atoms with Crippen molar-refractivity contribution in [3.05, 3.63) is 82.7 Å². The van der Waals surface area contributed by atoms with Gasteiger partial charge in [0.05, 0.1) is 17.9 Å². The Morgan fingerprint density at radius 3 is 2.50 bits per heavy atom. The maximum atomic E-state index is 11.9. The van der Waals surface area contributed by atoms with Crippen molar-refractivity contribution >= 4 is 17.9 Å². The molecule has 2 aromatic carbocycles. The third kappa shape index (κ3) is 4.22. The molecule has 0 aliphatic heterocycles. The minimum absolute atomic E-state index is 0.326. The molecule has 4 heteroatoms. The molecule has 0 aliphatic rings. The normalized spacial score (nSPS) is 11.1. The van der Waals surface area contributed by atoms with Crippen molar-refractivity contribution < 1.29 is 9.53 Å². The predicted molar refractivity (Wildman–Crippen MR) is 114 cm³/mol. The average molecular weight is 374 g/mol. The first kappa shape index (κ1) is 19.6. The van der Waals surface area contributed by atoms with Crippen molar-refractivity contribution in [2.45, 2.75) is 34.1 Å². The lowest BCUT2D eigenvalue weighted by molar-refractivity contribution is 0.0526. The number of nitrogens with zero attached hydrogens (tertiary/aromatic N) is 2. The van der Waals surface area contributed by atoms with E-state index in [0.717, 1.165) is 34.7 Å². The van der Waals surface area contributed by atoms with Crippen LogP contribution in [-0.2, 0) is 11.2 Å². The van der Waals surface area contributed by atoms with Crippen molar-refractivity contribution in [3.8, 4) is 5.69 Å². The molecule has 0 saturated heterocycles. The number of aromatic nitrogens is 1. The number of hydrogen-bond donors (Lipinski definition) is 0. The summed E-state index contributed by atoms with van der Waals surface area (Å²) in [7, 11) is 0. The Kier molecular flexibility index (Phi) is 6.09. The van der Waals surface area contributed by atoms with Crippen LogP contribution in [0, 0.1) is 13.8 Å². The molecule has 0 N–H and O–H groups in total. The molecule has 0 atom stereocenters. The molecule has 0 saturated carbocycles. The number of rotatable bonds is 6. The smallest absolute Gasteiger partial charge is 0.338 e. The highest BCUT2D eigenvalue weighted by Gasteiger charge is 2.10. The van der Waals surface area contributed by atoms with Gasteiger partial charge in [0.25, 0.3) is 0 Å². The Hall–Kier alpha value is -3.14. The Balaban J connectivity index is 1.87. The summed E-state index contributed by atoms with van der Waals surface area (Å²) < 4.78 is 7.29. The van der Waals surface area contributed by atoms with Gasteiger partial charge in [0.15, 0.2) is 0 Å². The van der Waals surface area contributed by atoms with Crippen LogP contribution < -0.4 is 0 Å². The molecule has 144 valence electrons. The number of aryl methyl sites for hydroxylation is 2. The van der Waals surface area contributed by atoms with E-state index in [1.54, 1.807) is 19.1 Å². The molecule has 0 fully saturated rings. The maximum Gasteiger partial charge on any atom is 0.338 e. The van der Waals surface area contributed by atoms with E-state index >= 15 is 0 Å². The lowest BCUT2D eigenvalue weighted by atomic mass is 10.1. The lowest BCUT2D eigenvalue weighted by Gasteiger charge is -2.10. The second-order valence-corrected chi connectivity index (χ2v) is 6.71. The molecular formula is C24H26N2O2. The van der Waals surface area contributed by atoms with Crippen LogP contribution in [-0.4, -0.2) is 23.4 Å². The van der Waals surface area contributed by atoms with E-state index < -0.39 is 0 Å². The largest absolute Gasteiger partial charge is 0.462 e. The second-order valence-electron chi connectivity index (χ2n) is 6.71. The summed E-state index contributed by atoms with van der Waals surface area (Å²) in [4.78, 5) is 16.5. The summed E-state index contributed by atoms with van der Waals surface area (Å²) in [6, 6.07) is 18.0.